The number of piperidine rings is 1. The second kappa shape index (κ2) is 6.12. The van der Waals surface area contributed by atoms with Gasteiger partial charge in [-0.15, -0.1) is 0 Å². The Hall–Kier alpha value is -1.61. The van der Waals surface area contributed by atoms with E-state index in [9.17, 15) is 4.79 Å². The van der Waals surface area contributed by atoms with Crippen LogP contribution in [-0.4, -0.2) is 41.4 Å². The summed E-state index contributed by atoms with van der Waals surface area (Å²) in [5, 5.41) is 0. The number of hydrogen-bond acceptors (Lipinski definition) is 2. The van der Waals surface area contributed by atoms with Crippen LogP contribution in [0.3, 0.4) is 0 Å². The molecule has 1 unspecified atom stereocenters. The highest BCUT2D eigenvalue weighted by molar-refractivity contribution is 5.79. The largest absolute Gasteiger partial charge is 0.343 e. The molecule has 1 aromatic rings. The summed E-state index contributed by atoms with van der Waals surface area (Å²) in [6.07, 6.45) is 6.75. The van der Waals surface area contributed by atoms with Crippen LogP contribution in [0.15, 0.2) is 30.8 Å². The molecule has 23 heavy (non-hydrogen) atoms. The maximum atomic E-state index is 12.8. The molecule has 1 saturated heterocycles. The molecule has 2 fully saturated rings. The zero-order valence-corrected chi connectivity index (χ0v) is 13.8. The molecule has 3 heteroatoms. The minimum Gasteiger partial charge on any atom is -0.343 e. The van der Waals surface area contributed by atoms with E-state index in [1.54, 1.807) is 0 Å². The zero-order chi connectivity index (χ0) is 15.8. The van der Waals surface area contributed by atoms with Crippen molar-refractivity contribution in [3.8, 4) is 0 Å². The fourth-order valence-electron chi connectivity index (χ4n) is 4.16. The van der Waals surface area contributed by atoms with E-state index in [2.05, 4.69) is 40.6 Å². The third kappa shape index (κ3) is 2.94. The van der Waals surface area contributed by atoms with Gasteiger partial charge in [0, 0.05) is 38.1 Å². The first-order valence-electron chi connectivity index (χ1n) is 9.04. The number of benzene rings is 1. The summed E-state index contributed by atoms with van der Waals surface area (Å²) in [4.78, 5) is 17.4. The van der Waals surface area contributed by atoms with Crippen LogP contribution in [0.5, 0.6) is 0 Å². The van der Waals surface area contributed by atoms with Crippen molar-refractivity contribution >= 4 is 11.5 Å². The van der Waals surface area contributed by atoms with Crippen LogP contribution in [0.4, 0.5) is 0 Å². The van der Waals surface area contributed by atoms with E-state index < -0.39 is 0 Å². The van der Waals surface area contributed by atoms with Crippen molar-refractivity contribution in [2.24, 2.45) is 0 Å². The van der Waals surface area contributed by atoms with Gasteiger partial charge in [-0.05, 0) is 48.8 Å². The molecule has 1 atom stereocenters. The monoisotopic (exact) mass is 310 g/mol. The minimum absolute atomic E-state index is 0.235. The number of carbonyl (C=O) groups is 1. The predicted molar refractivity (Wildman–Crippen MR) is 93.0 cm³/mol. The number of hydrogen-bond donors (Lipinski definition) is 0. The smallest absolute Gasteiger partial charge is 0.224 e. The van der Waals surface area contributed by atoms with Gasteiger partial charge in [-0.3, -0.25) is 9.69 Å². The van der Waals surface area contributed by atoms with Crippen LogP contribution in [-0.2, 0) is 4.79 Å². The van der Waals surface area contributed by atoms with Gasteiger partial charge in [-0.25, -0.2) is 0 Å². The Bertz CT molecular complexity index is 614. The fourth-order valence-corrected chi connectivity index (χ4v) is 4.16. The minimum atomic E-state index is 0.235. The first-order chi connectivity index (χ1) is 11.2. The van der Waals surface area contributed by atoms with Gasteiger partial charge in [0.15, 0.2) is 0 Å². The molecule has 0 N–H and O–H groups in total. The molecule has 2 aliphatic heterocycles. The van der Waals surface area contributed by atoms with Crippen molar-refractivity contribution in [3.63, 3.8) is 0 Å². The normalized spacial score (nSPS) is 25.3. The SMILES string of the molecule is C=C1CN(C2CC2)C(CC(=O)N2CCCCC2)c2ccccc21. The third-order valence-electron chi connectivity index (χ3n) is 5.57. The van der Waals surface area contributed by atoms with E-state index in [1.165, 1.54) is 36.0 Å². The van der Waals surface area contributed by atoms with Crippen molar-refractivity contribution < 1.29 is 4.79 Å². The highest BCUT2D eigenvalue weighted by Crippen LogP contribution is 2.43. The van der Waals surface area contributed by atoms with Crippen LogP contribution in [0, 0.1) is 0 Å². The maximum Gasteiger partial charge on any atom is 0.224 e. The van der Waals surface area contributed by atoms with Crippen LogP contribution in [0.2, 0.25) is 0 Å². The third-order valence-corrected chi connectivity index (χ3v) is 5.57. The molecule has 0 bridgehead atoms. The number of carbonyl (C=O) groups excluding carboxylic acids is 1. The summed E-state index contributed by atoms with van der Waals surface area (Å²) in [5.41, 5.74) is 3.77. The average molecular weight is 310 g/mol. The number of likely N-dealkylation sites (tertiary alicyclic amines) is 1. The lowest BCUT2D eigenvalue weighted by Crippen LogP contribution is -2.42. The summed E-state index contributed by atoms with van der Waals surface area (Å²) in [6, 6.07) is 9.43. The molecule has 2 heterocycles. The quantitative estimate of drug-likeness (QED) is 0.851. The van der Waals surface area contributed by atoms with E-state index in [-0.39, 0.29) is 6.04 Å². The molecule has 1 amide bonds. The molecule has 0 aromatic heterocycles. The molecule has 4 rings (SSSR count). The molecular weight excluding hydrogens is 284 g/mol. The van der Waals surface area contributed by atoms with Gasteiger partial charge >= 0.3 is 0 Å². The molecule has 122 valence electrons. The Balaban J connectivity index is 1.59. The standard InChI is InChI=1S/C20H26N2O/c1-15-14-22(16-9-10-16)19(18-8-4-3-7-17(15)18)13-20(23)21-11-5-2-6-12-21/h3-4,7-8,16,19H,1-2,5-6,9-14H2. The van der Waals surface area contributed by atoms with E-state index in [4.69, 9.17) is 0 Å². The highest BCUT2D eigenvalue weighted by Gasteiger charge is 2.39. The van der Waals surface area contributed by atoms with E-state index in [0.717, 1.165) is 32.5 Å². The molecule has 1 aromatic carbocycles. The average Bonchev–Trinajstić information content (AvgIpc) is 3.43. The molecule has 1 aliphatic carbocycles. The molecule has 1 saturated carbocycles. The van der Waals surface area contributed by atoms with Crippen molar-refractivity contribution in [2.75, 3.05) is 19.6 Å². The molecular formula is C20H26N2O. The van der Waals surface area contributed by atoms with Gasteiger partial charge in [0.2, 0.25) is 5.91 Å². The Morgan fingerprint density at radius 3 is 2.61 bits per heavy atom. The Morgan fingerprint density at radius 2 is 1.87 bits per heavy atom. The lowest BCUT2D eigenvalue weighted by molar-refractivity contribution is -0.133. The van der Waals surface area contributed by atoms with E-state index in [0.29, 0.717) is 18.4 Å². The second-order valence-corrected chi connectivity index (χ2v) is 7.26. The van der Waals surface area contributed by atoms with E-state index in [1.807, 2.05) is 0 Å². The van der Waals surface area contributed by atoms with Crippen LogP contribution in [0.25, 0.3) is 5.57 Å². The molecule has 0 spiro atoms. The Kier molecular flexibility index (Phi) is 3.98. The predicted octanol–water partition coefficient (Wildman–Crippen LogP) is 3.62. The van der Waals surface area contributed by atoms with Gasteiger partial charge in [0.1, 0.15) is 0 Å². The Morgan fingerprint density at radius 1 is 1.13 bits per heavy atom. The molecule has 0 radical (unpaired) electrons. The van der Waals surface area contributed by atoms with Crippen molar-refractivity contribution in [3.05, 3.63) is 42.0 Å². The van der Waals surface area contributed by atoms with Gasteiger partial charge in [-0.1, -0.05) is 30.8 Å². The van der Waals surface area contributed by atoms with Crippen molar-refractivity contribution in [2.45, 2.75) is 50.6 Å². The van der Waals surface area contributed by atoms with Crippen LogP contribution in [0.1, 0.15) is 55.7 Å². The lowest BCUT2D eigenvalue weighted by Gasteiger charge is -2.39. The van der Waals surface area contributed by atoms with Crippen LogP contribution < -0.4 is 0 Å². The van der Waals surface area contributed by atoms with Crippen molar-refractivity contribution in [1.29, 1.82) is 0 Å². The maximum absolute atomic E-state index is 12.8. The molecule has 3 nitrogen and oxygen atoms in total. The number of nitrogens with zero attached hydrogens (tertiary/aromatic N) is 2. The van der Waals surface area contributed by atoms with Gasteiger partial charge in [0.05, 0.1) is 0 Å². The van der Waals surface area contributed by atoms with Gasteiger partial charge in [-0.2, -0.15) is 0 Å². The summed E-state index contributed by atoms with van der Waals surface area (Å²) in [6.45, 7) is 7.09. The Labute approximate surface area is 139 Å². The first kappa shape index (κ1) is 14.9. The number of amides is 1. The topological polar surface area (TPSA) is 23.6 Å². The fraction of sp³-hybridized carbons (Fsp3) is 0.550. The van der Waals surface area contributed by atoms with Crippen LogP contribution >= 0.6 is 0 Å². The number of fused-ring (bicyclic) bond motifs is 1. The molecule has 3 aliphatic rings. The highest BCUT2D eigenvalue weighted by atomic mass is 16.2. The lowest BCUT2D eigenvalue weighted by atomic mass is 9.87. The van der Waals surface area contributed by atoms with E-state index >= 15 is 0 Å². The van der Waals surface area contributed by atoms with Gasteiger partial charge in [0.25, 0.3) is 0 Å². The zero-order valence-electron chi connectivity index (χ0n) is 13.8. The summed E-state index contributed by atoms with van der Waals surface area (Å²) < 4.78 is 0. The second-order valence-electron chi connectivity index (χ2n) is 7.26. The summed E-state index contributed by atoms with van der Waals surface area (Å²) in [7, 11) is 0. The summed E-state index contributed by atoms with van der Waals surface area (Å²) >= 11 is 0. The number of rotatable bonds is 3. The first-order valence-corrected chi connectivity index (χ1v) is 9.04. The van der Waals surface area contributed by atoms with Crippen molar-refractivity contribution in [1.82, 2.24) is 9.80 Å². The van der Waals surface area contributed by atoms with Gasteiger partial charge < -0.3 is 4.90 Å². The summed E-state index contributed by atoms with van der Waals surface area (Å²) in [5.74, 6) is 0.336.